The van der Waals surface area contributed by atoms with E-state index in [0.717, 1.165) is 5.56 Å². The number of rotatable bonds is 2. The summed E-state index contributed by atoms with van der Waals surface area (Å²) in [6.07, 6.45) is 2.50. The molecule has 1 fully saturated rings. The van der Waals surface area contributed by atoms with Crippen LogP contribution in [0.15, 0.2) is 12.4 Å². The van der Waals surface area contributed by atoms with Crippen molar-refractivity contribution < 1.29 is 14.3 Å². The molecule has 1 saturated heterocycles. The number of morpholine rings is 1. The third-order valence-corrected chi connectivity index (χ3v) is 2.83. The summed E-state index contributed by atoms with van der Waals surface area (Å²) >= 11 is 0. The quantitative estimate of drug-likeness (QED) is 0.701. The Morgan fingerprint density at radius 2 is 2.29 bits per heavy atom. The molecule has 0 unspecified atom stereocenters. The fraction of sp³-hybridized carbons (Fsp3) is 0.500. The lowest BCUT2D eigenvalue weighted by atomic mass is 10.0. The van der Waals surface area contributed by atoms with Gasteiger partial charge >= 0.3 is 0 Å². The molecule has 7 nitrogen and oxygen atoms in total. The Kier molecular flexibility index (Phi) is 2.84. The van der Waals surface area contributed by atoms with Gasteiger partial charge in [-0.25, -0.2) is 0 Å². The van der Waals surface area contributed by atoms with Crippen molar-refractivity contribution in [2.75, 3.05) is 13.7 Å². The molecule has 0 bridgehead atoms. The lowest BCUT2D eigenvalue weighted by molar-refractivity contribution is -0.160. The minimum absolute atomic E-state index is 0.124. The zero-order valence-corrected chi connectivity index (χ0v) is 9.66. The normalized spacial score (nSPS) is 25.1. The molecule has 0 spiro atoms. The van der Waals surface area contributed by atoms with E-state index >= 15 is 0 Å². The number of hydrogen-bond donors (Lipinski definition) is 1. The molecule has 92 valence electrons. The highest BCUT2D eigenvalue weighted by molar-refractivity contribution is 5.85. The average Bonchev–Trinajstić information content (AvgIpc) is 2.68. The highest BCUT2D eigenvalue weighted by Crippen LogP contribution is 2.28. The van der Waals surface area contributed by atoms with E-state index in [2.05, 4.69) is 5.10 Å². The molecule has 1 aliphatic rings. The monoisotopic (exact) mass is 238 g/mol. The maximum Gasteiger partial charge on any atom is 0.249 e. The second-order valence-corrected chi connectivity index (χ2v) is 4.03. The molecule has 0 radical (unpaired) electrons. The topological polar surface area (TPSA) is 90.4 Å². The molecule has 17 heavy (non-hydrogen) atoms. The van der Waals surface area contributed by atoms with Gasteiger partial charge in [0.15, 0.2) is 6.10 Å². The van der Waals surface area contributed by atoms with Crippen LogP contribution >= 0.6 is 0 Å². The lowest BCUT2D eigenvalue weighted by Crippen LogP contribution is -2.51. The maximum atomic E-state index is 11.6. The van der Waals surface area contributed by atoms with Crippen molar-refractivity contribution in [2.45, 2.75) is 12.1 Å². The summed E-state index contributed by atoms with van der Waals surface area (Å²) in [6, 6.07) is -0.512. The van der Waals surface area contributed by atoms with Crippen molar-refractivity contribution in [1.29, 1.82) is 0 Å². The number of likely N-dealkylation sites (N-methyl/N-ethyl adjacent to an activating group) is 1. The Bertz CT molecular complexity index is 456. The summed E-state index contributed by atoms with van der Waals surface area (Å²) in [6.45, 7) is -0.124. The molecule has 0 aliphatic carbocycles. The molecule has 2 N–H and O–H groups in total. The van der Waals surface area contributed by atoms with Crippen LogP contribution in [-0.2, 0) is 21.4 Å². The molecule has 7 heteroatoms. The molecule has 2 amide bonds. The summed E-state index contributed by atoms with van der Waals surface area (Å²) in [7, 11) is 3.38. The fourth-order valence-corrected chi connectivity index (χ4v) is 1.94. The largest absolute Gasteiger partial charge is 0.367 e. The Hall–Kier alpha value is -1.89. The Morgan fingerprint density at radius 1 is 1.59 bits per heavy atom. The molecule has 2 atom stereocenters. The van der Waals surface area contributed by atoms with Gasteiger partial charge in [-0.15, -0.1) is 0 Å². The minimum Gasteiger partial charge on any atom is -0.367 e. The Morgan fingerprint density at radius 3 is 2.82 bits per heavy atom. The first-order valence-corrected chi connectivity index (χ1v) is 5.16. The first-order chi connectivity index (χ1) is 8.00. The predicted octanol–water partition coefficient (Wildman–Crippen LogP) is -1.20. The Labute approximate surface area is 98.1 Å². The molecule has 0 saturated carbocycles. The van der Waals surface area contributed by atoms with Crippen LogP contribution in [0.25, 0.3) is 0 Å². The number of amides is 2. The molecule has 2 heterocycles. The van der Waals surface area contributed by atoms with Gasteiger partial charge in [-0.3, -0.25) is 14.3 Å². The number of carbonyl (C=O) groups excluding carboxylic acids is 2. The van der Waals surface area contributed by atoms with Crippen LogP contribution < -0.4 is 5.73 Å². The number of carbonyl (C=O) groups is 2. The van der Waals surface area contributed by atoms with Crippen molar-refractivity contribution in [3.63, 3.8) is 0 Å². The van der Waals surface area contributed by atoms with Crippen LogP contribution in [0.3, 0.4) is 0 Å². The molecule has 0 aromatic carbocycles. The standard InChI is InChI=1S/C10H14N4O3/c1-13-4-6(3-12-13)8-9(10(11)16)17-5-7(15)14(8)2/h3-4,8-9H,5H2,1-2H3,(H2,11,16)/t8-,9+/m1/s1. The van der Waals surface area contributed by atoms with E-state index in [9.17, 15) is 9.59 Å². The van der Waals surface area contributed by atoms with E-state index < -0.39 is 18.1 Å². The molecule has 2 rings (SSSR count). The fourth-order valence-electron chi connectivity index (χ4n) is 1.94. The van der Waals surface area contributed by atoms with E-state index in [-0.39, 0.29) is 12.5 Å². The zero-order valence-electron chi connectivity index (χ0n) is 9.66. The van der Waals surface area contributed by atoms with E-state index in [1.54, 1.807) is 31.2 Å². The third kappa shape index (κ3) is 2.01. The number of hydrogen-bond acceptors (Lipinski definition) is 4. The summed E-state index contributed by atoms with van der Waals surface area (Å²) < 4.78 is 6.79. The van der Waals surface area contributed by atoms with Crippen molar-refractivity contribution in [3.05, 3.63) is 18.0 Å². The van der Waals surface area contributed by atoms with E-state index in [0.29, 0.717) is 0 Å². The van der Waals surface area contributed by atoms with Gasteiger partial charge < -0.3 is 15.4 Å². The first kappa shape index (κ1) is 11.6. The van der Waals surface area contributed by atoms with E-state index in [1.807, 2.05) is 0 Å². The maximum absolute atomic E-state index is 11.6. The van der Waals surface area contributed by atoms with Gasteiger partial charge in [-0.05, 0) is 0 Å². The van der Waals surface area contributed by atoms with Gasteiger partial charge in [0.25, 0.3) is 0 Å². The summed E-state index contributed by atoms with van der Waals surface area (Å²) in [5.74, 6) is -0.769. The van der Waals surface area contributed by atoms with Gasteiger partial charge in [0.05, 0.1) is 12.2 Å². The number of nitrogens with two attached hydrogens (primary N) is 1. The number of nitrogens with zero attached hydrogens (tertiary/aromatic N) is 3. The molecular weight excluding hydrogens is 224 g/mol. The van der Waals surface area contributed by atoms with Crippen molar-refractivity contribution in [3.8, 4) is 0 Å². The highest BCUT2D eigenvalue weighted by atomic mass is 16.5. The van der Waals surface area contributed by atoms with Gasteiger partial charge in [0, 0.05) is 25.9 Å². The van der Waals surface area contributed by atoms with Crippen LogP contribution in [0, 0.1) is 0 Å². The smallest absolute Gasteiger partial charge is 0.249 e. The zero-order chi connectivity index (χ0) is 12.6. The Balaban J connectivity index is 2.36. The second kappa shape index (κ2) is 4.17. The van der Waals surface area contributed by atoms with Crippen LogP contribution in [-0.4, -0.2) is 46.3 Å². The first-order valence-electron chi connectivity index (χ1n) is 5.16. The molecular formula is C10H14N4O3. The van der Waals surface area contributed by atoms with Gasteiger partial charge in [0.2, 0.25) is 11.8 Å². The van der Waals surface area contributed by atoms with Crippen LogP contribution in [0.2, 0.25) is 0 Å². The SMILES string of the molecule is CN1C(=O)CO[C@H](C(N)=O)[C@H]1c1cnn(C)c1. The number of primary amides is 1. The van der Waals surface area contributed by atoms with Crippen molar-refractivity contribution >= 4 is 11.8 Å². The van der Waals surface area contributed by atoms with E-state index in [4.69, 9.17) is 10.5 Å². The number of aromatic nitrogens is 2. The molecule has 1 aliphatic heterocycles. The van der Waals surface area contributed by atoms with Crippen LogP contribution in [0.5, 0.6) is 0 Å². The van der Waals surface area contributed by atoms with Crippen LogP contribution in [0.4, 0.5) is 0 Å². The third-order valence-electron chi connectivity index (χ3n) is 2.83. The average molecular weight is 238 g/mol. The second-order valence-electron chi connectivity index (χ2n) is 4.03. The summed E-state index contributed by atoms with van der Waals surface area (Å²) in [5.41, 5.74) is 6.01. The summed E-state index contributed by atoms with van der Waals surface area (Å²) in [5, 5.41) is 4.02. The van der Waals surface area contributed by atoms with Crippen LogP contribution in [0.1, 0.15) is 11.6 Å². The number of ether oxygens (including phenoxy) is 1. The van der Waals surface area contributed by atoms with Crippen molar-refractivity contribution in [2.24, 2.45) is 12.8 Å². The molecule has 1 aromatic rings. The minimum atomic E-state index is -0.832. The van der Waals surface area contributed by atoms with Gasteiger partial charge in [0.1, 0.15) is 6.61 Å². The van der Waals surface area contributed by atoms with Gasteiger partial charge in [-0.2, -0.15) is 5.10 Å². The van der Waals surface area contributed by atoms with Gasteiger partial charge in [-0.1, -0.05) is 0 Å². The highest BCUT2D eigenvalue weighted by Gasteiger charge is 2.39. The van der Waals surface area contributed by atoms with Crippen molar-refractivity contribution in [1.82, 2.24) is 14.7 Å². The lowest BCUT2D eigenvalue weighted by Gasteiger charge is -2.36. The summed E-state index contributed by atoms with van der Waals surface area (Å²) in [4.78, 5) is 24.4. The number of aryl methyl sites for hydroxylation is 1. The molecule has 1 aromatic heterocycles. The van der Waals surface area contributed by atoms with E-state index in [1.165, 1.54) is 4.90 Å². The predicted molar refractivity (Wildman–Crippen MR) is 57.7 cm³/mol.